The van der Waals surface area contributed by atoms with Gasteiger partial charge in [-0.2, -0.15) is 8.78 Å². The molecule has 1 unspecified atom stereocenters. The Labute approximate surface area is 151 Å². The highest BCUT2D eigenvalue weighted by molar-refractivity contribution is 5.77. The molecular weight excluding hydrogens is 356 g/mol. The number of halogens is 2. The van der Waals surface area contributed by atoms with Crippen molar-refractivity contribution in [3.63, 3.8) is 0 Å². The summed E-state index contributed by atoms with van der Waals surface area (Å²) in [5.41, 5.74) is -1.72. The van der Waals surface area contributed by atoms with E-state index in [0.717, 1.165) is 7.11 Å². The fourth-order valence-corrected chi connectivity index (χ4v) is 1.62. The Morgan fingerprint density at radius 2 is 1.46 bits per heavy atom. The molecule has 0 aromatic heterocycles. The van der Waals surface area contributed by atoms with Crippen LogP contribution in [-0.4, -0.2) is 55.1 Å². The number of carbonyl (C=O) groups excluding carboxylic acids is 3. The molecule has 0 rings (SSSR count). The molecule has 1 atom stereocenters. The van der Waals surface area contributed by atoms with Gasteiger partial charge in [0.25, 0.3) is 0 Å². The van der Waals surface area contributed by atoms with Crippen molar-refractivity contribution in [3.05, 3.63) is 0 Å². The van der Waals surface area contributed by atoms with Gasteiger partial charge in [0.2, 0.25) is 0 Å². The van der Waals surface area contributed by atoms with Crippen LogP contribution in [0, 0.1) is 0 Å². The van der Waals surface area contributed by atoms with E-state index in [-0.39, 0.29) is 0 Å². The molecule has 0 heterocycles. The normalized spacial score (nSPS) is 13.4. The molecule has 0 aromatic rings. The third kappa shape index (κ3) is 10.7. The van der Waals surface area contributed by atoms with Crippen molar-refractivity contribution in [3.8, 4) is 0 Å². The van der Waals surface area contributed by atoms with Gasteiger partial charge in [0, 0.05) is 6.42 Å². The van der Waals surface area contributed by atoms with Crippen molar-refractivity contribution in [2.75, 3.05) is 13.7 Å². The Morgan fingerprint density at radius 3 is 1.88 bits per heavy atom. The SMILES string of the molecule is COC(=O)C(F)(F)CC(COC(=O)OC(C)(C)C)NC(=O)OC(C)(C)C. The summed E-state index contributed by atoms with van der Waals surface area (Å²) in [5, 5.41) is 2.15. The standard InChI is InChI=1S/C16H27F2NO7/c1-14(2,3)25-12(21)19-10(8-16(17,18)11(20)23-7)9-24-13(22)26-15(4,5)6/h10H,8-9H2,1-7H3,(H,19,21). The van der Waals surface area contributed by atoms with E-state index >= 15 is 0 Å². The second kappa shape index (κ2) is 9.00. The molecule has 0 aliphatic rings. The molecule has 0 aliphatic heterocycles. The molecule has 152 valence electrons. The summed E-state index contributed by atoms with van der Waals surface area (Å²) in [6, 6.07) is -1.41. The summed E-state index contributed by atoms with van der Waals surface area (Å²) in [6.45, 7) is 8.88. The molecule has 0 spiro atoms. The zero-order valence-electron chi connectivity index (χ0n) is 16.1. The lowest BCUT2D eigenvalue weighted by atomic mass is 10.1. The van der Waals surface area contributed by atoms with Crippen LogP contribution in [0.3, 0.4) is 0 Å². The van der Waals surface area contributed by atoms with Gasteiger partial charge in [-0.25, -0.2) is 14.4 Å². The monoisotopic (exact) mass is 383 g/mol. The highest BCUT2D eigenvalue weighted by Crippen LogP contribution is 2.23. The summed E-state index contributed by atoms with van der Waals surface area (Å²) in [6.07, 6.45) is -3.26. The molecule has 0 bridgehead atoms. The van der Waals surface area contributed by atoms with Crippen LogP contribution in [0.15, 0.2) is 0 Å². The lowest BCUT2D eigenvalue weighted by molar-refractivity contribution is -0.170. The van der Waals surface area contributed by atoms with Crippen molar-refractivity contribution in [2.24, 2.45) is 0 Å². The van der Waals surface area contributed by atoms with Crippen LogP contribution in [-0.2, 0) is 23.7 Å². The molecule has 0 fully saturated rings. The molecule has 0 aromatic carbocycles. The number of ether oxygens (including phenoxy) is 4. The molecule has 8 nitrogen and oxygen atoms in total. The van der Waals surface area contributed by atoms with Gasteiger partial charge in [0.1, 0.15) is 17.8 Å². The van der Waals surface area contributed by atoms with Crippen LogP contribution < -0.4 is 5.32 Å². The second-order valence-electron chi connectivity index (χ2n) is 7.52. The molecule has 0 aliphatic carbocycles. The quantitative estimate of drug-likeness (QED) is 0.556. The van der Waals surface area contributed by atoms with Gasteiger partial charge in [0.15, 0.2) is 0 Å². The number of hydrogen-bond donors (Lipinski definition) is 1. The zero-order valence-corrected chi connectivity index (χ0v) is 16.1. The topological polar surface area (TPSA) is 100 Å². The molecule has 1 amide bonds. The minimum absolute atomic E-state index is 0.652. The number of alkyl halides is 2. The fraction of sp³-hybridized carbons (Fsp3) is 0.812. The number of methoxy groups -OCH3 is 1. The van der Waals surface area contributed by atoms with Crippen molar-refractivity contribution >= 4 is 18.2 Å². The Balaban J connectivity index is 5.02. The summed E-state index contributed by atoms with van der Waals surface area (Å²) >= 11 is 0. The van der Waals surface area contributed by atoms with Gasteiger partial charge in [-0.05, 0) is 41.5 Å². The first-order valence-corrected chi connectivity index (χ1v) is 7.87. The molecule has 26 heavy (non-hydrogen) atoms. The maximum atomic E-state index is 13.8. The average molecular weight is 383 g/mol. The van der Waals surface area contributed by atoms with Crippen LogP contribution >= 0.6 is 0 Å². The van der Waals surface area contributed by atoms with Crippen molar-refractivity contribution < 1.29 is 42.1 Å². The number of nitrogens with one attached hydrogen (secondary N) is 1. The minimum atomic E-state index is -3.90. The zero-order chi connectivity index (χ0) is 20.8. The number of amides is 1. The van der Waals surface area contributed by atoms with E-state index in [0.29, 0.717) is 0 Å². The smallest absolute Gasteiger partial charge is 0.465 e. The van der Waals surface area contributed by atoms with Crippen LogP contribution in [0.4, 0.5) is 18.4 Å². The molecule has 10 heteroatoms. The van der Waals surface area contributed by atoms with Gasteiger partial charge < -0.3 is 24.3 Å². The Morgan fingerprint density at radius 1 is 0.962 bits per heavy atom. The van der Waals surface area contributed by atoms with E-state index in [1.807, 2.05) is 0 Å². The second-order valence-corrected chi connectivity index (χ2v) is 7.52. The van der Waals surface area contributed by atoms with Gasteiger partial charge in [-0.15, -0.1) is 0 Å². The largest absolute Gasteiger partial charge is 0.508 e. The molecule has 0 saturated carbocycles. The molecule has 0 radical (unpaired) electrons. The Kier molecular flexibility index (Phi) is 8.26. The van der Waals surface area contributed by atoms with Crippen molar-refractivity contribution in [2.45, 2.75) is 71.1 Å². The molecule has 1 N–H and O–H groups in total. The van der Waals surface area contributed by atoms with E-state index in [9.17, 15) is 23.2 Å². The summed E-state index contributed by atoms with van der Waals surface area (Å²) in [5.74, 6) is -5.67. The number of alkyl carbamates (subject to hydrolysis) is 1. The summed E-state index contributed by atoms with van der Waals surface area (Å²) in [4.78, 5) is 34.5. The van der Waals surface area contributed by atoms with E-state index in [1.54, 1.807) is 41.5 Å². The lowest BCUT2D eigenvalue weighted by Crippen LogP contribution is -2.47. The summed E-state index contributed by atoms with van der Waals surface area (Å²) in [7, 11) is 0.809. The lowest BCUT2D eigenvalue weighted by Gasteiger charge is -2.26. The van der Waals surface area contributed by atoms with Crippen LogP contribution in [0.2, 0.25) is 0 Å². The minimum Gasteiger partial charge on any atom is -0.465 e. The van der Waals surface area contributed by atoms with Crippen LogP contribution in [0.5, 0.6) is 0 Å². The van der Waals surface area contributed by atoms with Gasteiger partial charge in [-0.3, -0.25) is 0 Å². The molecular formula is C16H27F2NO7. The average Bonchev–Trinajstić information content (AvgIpc) is 2.39. The number of hydrogen-bond acceptors (Lipinski definition) is 7. The first-order chi connectivity index (χ1) is 11.6. The van der Waals surface area contributed by atoms with Crippen LogP contribution in [0.1, 0.15) is 48.0 Å². The van der Waals surface area contributed by atoms with Crippen molar-refractivity contribution in [1.29, 1.82) is 0 Å². The van der Waals surface area contributed by atoms with Crippen molar-refractivity contribution in [1.82, 2.24) is 5.32 Å². The number of rotatable bonds is 6. The van der Waals surface area contributed by atoms with E-state index in [4.69, 9.17) is 14.2 Å². The maximum absolute atomic E-state index is 13.8. The number of esters is 1. The predicted octanol–water partition coefficient (Wildman–Crippen LogP) is 3.03. The maximum Gasteiger partial charge on any atom is 0.508 e. The summed E-state index contributed by atoms with van der Waals surface area (Å²) < 4.78 is 46.3. The highest BCUT2D eigenvalue weighted by Gasteiger charge is 2.43. The van der Waals surface area contributed by atoms with E-state index in [2.05, 4.69) is 10.1 Å². The highest BCUT2D eigenvalue weighted by atomic mass is 19.3. The van der Waals surface area contributed by atoms with Gasteiger partial charge in [-0.1, -0.05) is 0 Å². The number of carbonyl (C=O) groups is 3. The fourth-order valence-electron chi connectivity index (χ4n) is 1.62. The molecule has 0 saturated heterocycles. The third-order valence-corrected chi connectivity index (χ3v) is 2.50. The predicted molar refractivity (Wildman–Crippen MR) is 86.9 cm³/mol. The van der Waals surface area contributed by atoms with E-state index in [1.165, 1.54) is 0 Å². The van der Waals surface area contributed by atoms with E-state index < -0.39 is 54.4 Å². The first-order valence-electron chi connectivity index (χ1n) is 7.87. The Bertz CT molecular complexity index is 510. The first kappa shape index (κ1) is 23.9. The van der Waals surface area contributed by atoms with Gasteiger partial charge in [0.05, 0.1) is 13.2 Å². The van der Waals surface area contributed by atoms with Crippen LogP contribution in [0.25, 0.3) is 0 Å². The Hall–Kier alpha value is -2.13. The third-order valence-electron chi connectivity index (χ3n) is 2.50. The van der Waals surface area contributed by atoms with Gasteiger partial charge >= 0.3 is 24.1 Å².